The lowest BCUT2D eigenvalue weighted by molar-refractivity contribution is -0.822. The Morgan fingerprint density at radius 1 is 1.53 bits per heavy atom. The summed E-state index contributed by atoms with van der Waals surface area (Å²) in [6.45, 7) is 1.60. The van der Waals surface area contributed by atoms with Crippen molar-refractivity contribution in [2.45, 2.75) is 12.6 Å². The number of anilines is 1. The topological polar surface area (TPSA) is 109 Å². The van der Waals surface area contributed by atoms with E-state index in [4.69, 9.17) is 11.5 Å². The Labute approximate surface area is 86.4 Å². The number of rotatable bonds is 0. The minimum Gasteiger partial charge on any atom is -0.605 e. The summed E-state index contributed by atoms with van der Waals surface area (Å²) < 4.78 is 0. The molecule has 0 bridgehead atoms. The number of benzene rings is 1. The molecular weight excluding hydrogens is 196 g/mol. The van der Waals surface area contributed by atoms with Crippen LogP contribution in [-0.4, -0.2) is 5.91 Å². The second-order valence-electron chi connectivity index (χ2n) is 3.76. The van der Waals surface area contributed by atoms with Gasteiger partial charge in [-0.05, 0) is 19.1 Å². The molecule has 0 saturated carbocycles. The van der Waals surface area contributed by atoms with Gasteiger partial charge in [0.25, 0.3) is 0 Å². The molecule has 2 unspecified atom stereocenters. The van der Waals surface area contributed by atoms with Crippen LogP contribution in [0.4, 0.5) is 5.69 Å². The van der Waals surface area contributed by atoms with E-state index in [9.17, 15) is 10.0 Å². The molecule has 1 heterocycles. The number of nitrogens with one attached hydrogen (secondary N) is 2. The number of hydrogen-bond donors (Lipinski definition) is 4. The number of quaternary nitrogens is 1. The Hall–Kier alpha value is -1.47. The number of hydrogen-bond acceptors (Lipinski definition) is 5. The highest BCUT2D eigenvalue weighted by Crippen LogP contribution is 2.26. The average molecular weight is 208 g/mol. The van der Waals surface area contributed by atoms with Crippen molar-refractivity contribution in [3.8, 4) is 0 Å². The third-order valence-corrected chi connectivity index (χ3v) is 2.44. The molecule has 80 valence electrons. The quantitative estimate of drug-likeness (QED) is 0.304. The van der Waals surface area contributed by atoms with Crippen molar-refractivity contribution < 1.29 is 9.97 Å². The molecule has 0 spiro atoms. The van der Waals surface area contributed by atoms with E-state index >= 15 is 0 Å². The van der Waals surface area contributed by atoms with Gasteiger partial charge in [-0.3, -0.25) is 0 Å². The van der Waals surface area contributed by atoms with Crippen LogP contribution >= 0.6 is 0 Å². The lowest BCUT2D eigenvalue weighted by atomic mass is 9.93. The Morgan fingerprint density at radius 2 is 2.20 bits per heavy atom. The van der Waals surface area contributed by atoms with Crippen LogP contribution in [0.3, 0.4) is 0 Å². The predicted octanol–water partition coefficient (Wildman–Crippen LogP) is -1.56. The molecule has 0 radical (unpaired) electrons. The fourth-order valence-corrected chi connectivity index (χ4v) is 1.82. The molecule has 6 nitrogen and oxygen atoms in total. The van der Waals surface area contributed by atoms with Crippen molar-refractivity contribution in [2.75, 3.05) is 5.73 Å². The van der Waals surface area contributed by atoms with Gasteiger partial charge < -0.3 is 16.7 Å². The van der Waals surface area contributed by atoms with Crippen LogP contribution in [0.5, 0.6) is 0 Å². The highest BCUT2D eigenvalue weighted by molar-refractivity contribution is 5.92. The van der Waals surface area contributed by atoms with Gasteiger partial charge in [0.05, 0.1) is 5.56 Å². The Balaban J connectivity index is 2.70. The lowest BCUT2D eigenvalue weighted by Crippen LogP contribution is -3.20. The number of nitrogen functional groups attached to an aromatic ring is 1. The standard InChI is InChI=1S/C9H12N4O2/c1-9(11)7-5(3-2-4-6(7)10)8(14)13(15)12-9/h2-4,12-13H,10-11H2,1H3. The summed E-state index contributed by atoms with van der Waals surface area (Å²) in [5.41, 5.74) is 14.1. The number of fused-ring (bicyclic) bond motifs is 1. The molecule has 1 aromatic carbocycles. The van der Waals surface area contributed by atoms with E-state index in [1.54, 1.807) is 25.1 Å². The predicted molar refractivity (Wildman–Crippen MR) is 54.2 cm³/mol. The molecule has 1 aliphatic rings. The van der Waals surface area contributed by atoms with Crippen LogP contribution in [0.15, 0.2) is 18.2 Å². The minimum absolute atomic E-state index is 0.281. The zero-order chi connectivity index (χ0) is 11.2. The molecule has 6 heteroatoms. The van der Waals surface area contributed by atoms with Crippen LogP contribution in [0, 0.1) is 5.21 Å². The molecule has 0 fully saturated rings. The highest BCUT2D eigenvalue weighted by Gasteiger charge is 2.39. The van der Waals surface area contributed by atoms with Gasteiger partial charge in [-0.2, -0.15) is 0 Å². The summed E-state index contributed by atoms with van der Waals surface area (Å²) in [7, 11) is 0. The SMILES string of the molecule is CC1(N)N[NH+]([O-])C(=O)c2cccc(N)c21. The molecule has 0 aliphatic carbocycles. The number of hydroxylamine groups is 1. The Bertz CT molecular complexity index is 430. The summed E-state index contributed by atoms with van der Waals surface area (Å²) in [6.07, 6.45) is 0. The zero-order valence-corrected chi connectivity index (χ0v) is 8.20. The molecular formula is C9H12N4O2. The average Bonchev–Trinajstić information content (AvgIpc) is 2.13. The van der Waals surface area contributed by atoms with Crippen molar-refractivity contribution in [2.24, 2.45) is 5.73 Å². The first-order valence-corrected chi connectivity index (χ1v) is 4.48. The van der Waals surface area contributed by atoms with Crippen LogP contribution in [0.1, 0.15) is 22.8 Å². The Kier molecular flexibility index (Phi) is 2.02. The number of nitrogens with two attached hydrogens (primary N) is 2. The molecule has 1 aliphatic heterocycles. The van der Waals surface area contributed by atoms with E-state index in [1.807, 2.05) is 0 Å². The molecule has 15 heavy (non-hydrogen) atoms. The van der Waals surface area contributed by atoms with Gasteiger partial charge >= 0.3 is 5.91 Å². The van der Waals surface area contributed by atoms with Crippen LogP contribution in [-0.2, 0) is 5.66 Å². The number of carbonyl (C=O) groups is 1. The van der Waals surface area contributed by atoms with E-state index in [0.717, 1.165) is 0 Å². The van der Waals surface area contributed by atoms with Gasteiger partial charge in [0.15, 0.2) is 0 Å². The lowest BCUT2D eigenvalue weighted by Gasteiger charge is -2.37. The Morgan fingerprint density at radius 3 is 2.87 bits per heavy atom. The second kappa shape index (κ2) is 3.01. The third kappa shape index (κ3) is 1.40. The van der Waals surface area contributed by atoms with Crippen molar-refractivity contribution >= 4 is 11.6 Å². The van der Waals surface area contributed by atoms with Gasteiger partial charge in [-0.25, -0.2) is 9.97 Å². The number of amides is 1. The molecule has 0 saturated heterocycles. The van der Waals surface area contributed by atoms with Gasteiger partial charge in [0, 0.05) is 11.3 Å². The monoisotopic (exact) mass is 208 g/mol. The van der Waals surface area contributed by atoms with Crippen LogP contribution in [0.25, 0.3) is 0 Å². The molecule has 0 aromatic heterocycles. The van der Waals surface area contributed by atoms with Crippen LogP contribution in [0.2, 0.25) is 0 Å². The maximum Gasteiger partial charge on any atom is 0.363 e. The van der Waals surface area contributed by atoms with Gasteiger partial charge in [-0.1, -0.05) is 6.07 Å². The first-order valence-electron chi connectivity index (χ1n) is 4.48. The third-order valence-electron chi connectivity index (χ3n) is 2.44. The maximum absolute atomic E-state index is 11.5. The number of carbonyl (C=O) groups excluding carboxylic acids is 1. The van der Waals surface area contributed by atoms with Crippen molar-refractivity contribution in [3.05, 3.63) is 34.5 Å². The fourth-order valence-electron chi connectivity index (χ4n) is 1.82. The largest absolute Gasteiger partial charge is 0.605 e. The second-order valence-corrected chi connectivity index (χ2v) is 3.76. The summed E-state index contributed by atoms with van der Waals surface area (Å²) >= 11 is 0. The smallest absolute Gasteiger partial charge is 0.363 e. The molecule has 2 rings (SSSR count). The molecule has 1 aromatic rings. The van der Waals surface area contributed by atoms with E-state index in [1.165, 1.54) is 0 Å². The molecule has 1 amide bonds. The summed E-state index contributed by atoms with van der Waals surface area (Å²) in [5.74, 6) is -0.597. The normalized spacial score (nSPS) is 30.1. The summed E-state index contributed by atoms with van der Waals surface area (Å²) in [5, 5.41) is 10.6. The zero-order valence-electron chi connectivity index (χ0n) is 8.20. The minimum atomic E-state index is -1.09. The van der Waals surface area contributed by atoms with E-state index in [0.29, 0.717) is 11.3 Å². The first-order chi connectivity index (χ1) is 6.93. The summed E-state index contributed by atoms with van der Waals surface area (Å²) in [6, 6.07) is 4.83. The van der Waals surface area contributed by atoms with Gasteiger partial charge in [0.1, 0.15) is 5.66 Å². The van der Waals surface area contributed by atoms with Crippen molar-refractivity contribution in [1.82, 2.24) is 5.43 Å². The first kappa shape index (κ1) is 10.1. The molecule has 2 atom stereocenters. The van der Waals surface area contributed by atoms with Gasteiger partial charge in [0.2, 0.25) is 0 Å². The summed E-state index contributed by atoms with van der Waals surface area (Å²) in [4.78, 5) is 11.5. The van der Waals surface area contributed by atoms with E-state index < -0.39 is 16.7 Å². The van der Waals surface area contributed by atoms with Crippen molar-refractivity contribution in [3.63, 3.8) is 0 Å². The van der Waals surface area contributed by atoms with E-state index in [2.05, 4.69) is 5.43 Å². The fraction of sp³-hybridized carbons (Fsp3) is 0.222. The highest BCUT2D eigenvalue weighted by atomic mass is 16.6. The van der Waals surface area contributed by atoms with Crippen molar-refractivity contribution in [1.29, 1.82) is 0 Å². The van der Waals surface area contributed by atoms with E-state index in [-0.39, 0.29) is 5.56 Å². The molecule has 6 N–H and O–H groups in total. The van der Waals surface area contributed by atoms with Gasteiger partial charge in [-0.15, -0.1) is 5.43 Å². The maximum atomic E-state index is 11.5. The van der Waals surface area contributed by atoms with Crippen LogP contribution < -0.4 is 22.1 Å².